The number of rotatable bonds is 6. The summed E-state index contributed by atoms with van der Waals surface area (Å²) in [6, 6.07) is 0. The first-order valence-electron chi connectivity index (χ1n) is 6.60. The molecule has 1 saturated carbocycles. The summed E-state index contributed by atoms with van der Waals surface area (Å²) in [5, 5.41) is 12.2. The smallest absolute Gasteiger partial charge is 0.311 e. The molecule has 0 spiro atoms. The molecular formula is C13H23NO4. The van der Waals surface area contributed by atoms with Crippen LogP contribution in [0.5, 0.6) is 0 Å². The third-order valence-electron chi connectivity index (χ3n) is 3.67. The van der Waals surface area contributed by atoms with E-state index in [1.807, 2.05) is 0 Å². The fraction of sp³-hybridized carbons (Fsp3) is 0.846. The van der Waals surface area contributed by atoms with Crippen molar-refractivity contribution < 1.29 is 19.4 Å². The maximum absolute atomic E-state index is 11.5. The molecule has 0 saturated heterocycles. The molecule has 0 unspecified atom stereocenters. The molecule has 104 valence electrons. The van der Waals surface area contributed by atoms with Crippen molar-refractivity contribution in [2.24, 2.45) is 5.41 Å². The normalized spacial score (nSPS) is 18.9. The van der Waals surface area contributed by atoms with Gasteiger partial charge in [-0.15, -0.1) is 0 Å². The molecule has 0 bridgehead atoms. The number of hydrogen-bond donors (Lipinski definition) is 2. The van der Waals surface area contributed by atoms with Crippen LogP contribution >= 0.6 is 0 Å². The second kappa shape index (κ2) is 7.36. The summed E-state index contributed by atoms with van der Waals surface area (Å²) in [6.45, 7) is 0.608. The van der Waals surface area contributed by atoms with Crippen LogP contribution in [0.4, 0.5) is 0 Å². The number of aliphatic carboxylic acids is 1. The highest BCUT2D eigenvalue weighted by atomic mass is 16.5. The third kappa shape index (κ3) is 4.29. The molecule has 1 amide bonds. The van der Waals surface area contributed by atoms with Crippen LogP contribution in [0.3, 0.4) is 0 Å². The number of methoxy groups -OCH3 is 1. The van der Waals surface area contributed by atoms with Gasteiger partial charge in [-0.25, -0.2) is 0 Å². The highest BCUT2D eigenvalue weighted by Crippen LogP contribution is 2.34. The minimum atomic E-state index is -0.781. The fourth-order valence-corrected chi connectivity index (χ4v) is 2.42. The average molecular weight is 257 g/mol. The molecule has 5 nitrogen and oxygen atoms in total. The van der Waals surface area contributed by atoms with E-state index in [0.29, 0.717) is 19.4 Å². The molecule has 5 heteroatoms. The molecule has 0 heterocycles. The number of carboxylic acid groups (broad SMARTS) is 1. The SMILES string of the molecule is COCCC(=O)NCC1(C(=O)O)CCCCCC1. The molecule has 18 heavy (non-hydrogen) atoms. The standard InChI is InChI=1S/C13H23NO4/c1-18-9-6-11(15)14-10-13(12(16)17)7-4-2-3-5-8-13/h2-10H2,1H3,(H,14,15)(H,16,17). The van der Waals surface area contributed by atoms with Gasteiger partial charge in [0, 0.05) is 20.1 Å². The van der Waals surface area contributed by atoms with Crippen molar-refractivity contribution in [3.63, 3.8) is 0 Å². The van der Waals surface area contributed by atoms with Crippen LogP contribution in [0, 0.1) is 5.41 Å². The second-order valence-electron chi connectivity index (χ2n) is 5.02. The number of amides is 1. The van der Waals surface area contributed by atoms with Crippen molar-refractivity contribution in [2.75, 3.05) is 20.3 Å². The topological polar surface area (TPSA) is 75.6 Å². The second-order valence-corrected chi connectivity index (χ2v) is 5.02. The Kier molecular flexibility index (Phi) is 6.12. The van der Waals surface area contributed by atoms with Crippen LogP contribution in [0.25, 0.3) is 0 Å². The maximum atomic E-state index is 11.5. The largest absolute Gasteiger partial charge is 0.481 e. The Balaban J connectivity index is 2.51. The lowest BCUT2D eigenvalue weighted by molar-refractivity contribution is -0.149. The molecule has 1 aliphatic rings. The van der Waals surface area contributed by atoms with E-state index in [2.05, 4.69) is 5.32 Å². The molecule has 0 atom stereocenters. The average Bonchev–Trinajstić information content (AvgIpc) is 2.60. The van der Waals surface area contributed by atoms with E-state index in [1.54, 1.807) is 0 Å². The monoisotopic (exact) mass is 257 g/mol. The van der Waals surface area contributed by atoms with E-state index in [-0.39, 0.29) is 18.9 Å². The first kappa shape index (κ1) is 15.0. The number of hydrogen-bond acceptors (Lipinski definition) is 3. The summed E-state index contributed by atoms with van der Waals surface area (Å²) in [7, 11) is 1.54. The van der Waals surface area contributed by atoms with Gasteiger partial charge in [-0.05, 0) is 12.8 Å². The quantitative estimate of drug-likeness (QED) is 0.708. The Bertz CT molecular complexity index is 283. The van der Waals surface area contributed by atoms with Gasteiger partial charge >= 0.3 is 5.97 Å². The Morgan fingerprint density at radius 2 is 1.83 bits per heavy atom. The maximum Gasteiger partial charge on any atom is 0.311 e. The van der Waals surface area contributed by atoms with Crippen LogP contribution in [-0.2, 0) is 14.3 Å². The number of ether oxygens (including phenoxy) is 1. The zero-order chi connectivity index (χ0) is 13.4. The Labute approximate surface area is 108 Å². The highest BCUT2D eigenvalue weighted by Gasteiger charge is 2.38. The fourth-order valence-electron chi connectivity index (χ4n) is 2.42. The zero-order valence-electron chi connectivity index (χ0n) is 11.0. The van der Waals surface area contributed by atoms with Crippen LogP contribution in [-0.4, -0.2) is 37.2 Å². The van der Waals surface area contributed by atoms with Crippen molar-refractivity contribution in [3.8, 4) is 0 Å². The van der Waals surface area contributed by atoms with E-state index in [0.717, 1.165) is 25.7 Å². The summed E-state index contributed by atoms with van der Waals surface area (Å²) in [5.41, 5.74) is -0.765. The van der Waals surface area contributed by atoms with Crippen molar-refractivity contribution in [2.45, 2.75) is 44.9 Å². The van der Waals surface area contributed by atoms with E-state index < -0.39 is 11.4 Å². The minimum absolute atomic E-state index is 0.137. The summed E-state index contributed by atoms with van der Waals surface area (Å²) in [5.74, 6) is -0.918. The Morgan fingerprint density at radius 1 is 1.22 bits per heavy atom. The van der Waals surface area contributed by atoms with Crippen LogP contribution in [0.15, 0.2) is 0 Å². The number of nitrogens with one attached hydrogen (secondary N) is 1. The number of carbonyl (C=O) groups is 2. The zero-order valence-corrected chi connectivity index (χ0v) is 11.0. The molecule has 0 aliphatic heterocycles. The predicted octanol–water partition coefficient (Wildman–Crippen LogP) is 1.56. The molecule has 0 aromatic rings. The lowest BCUT2D eigenvalue weighted by Crippen LogP contribution is -2.43. The van der Waals surface area contributed by atoms with Crippen LogP contribution in [0.2, 0.25) is 0 Å². The molecule has 1 fully saturated rings. The number of carboxylic acids is 1. The first-order chi connectivity index (χ1) is 8.60. The van der Waals surface area contributed by atoms with Crippen LogP contribution < -0.4 is 5.32 Å². The van der Waals surface area contributed by atoms with Gasteiger partial charge in [-0.1, -0.05) is 25.7 Å². The van der Waals surface area contributed by atoms with Gasteiger partial charge in [0.2, 0.25) is 5.91 Å². The Morgan fingerprint density at radius 3 is 2.33 bits per heavy atom. The third-order valence-corrected chi connectivity index (χ3v) is 3.67. The van der Waals surface area contributed by atoms with E-state index in [1.165, 1.54) is 7.11 Å². The first-order valence-corrected chi connectivity index (χ1v) is 6.60. The Hall–Kier alpha value is -1.10. The van der Waals surface area contributed by atoms with E-state index in [9.17, 15) is 14.7 Å². The summed E-state index contributed by atoms with van der Waals surface area (Å²) in [6.07, 6.45) is 5.64. The van der Waals surface area contributed by atoms with Gasteiger partial charge < -0.3 is 15.2 Å². The molecular weight excluding hydrogens is 234 g/mol. The summed E-state index contributed by atoms with van der Waals surface area (Å²) >= 11 is 0. The van der Waals surface area contributed by atoms with Gasteiger partial charge in [-0.3, -0.25) is 9.59 Å². The lowest BCUT2D eigenvalue weighted by Gasteiger charge is -2.28. The summed E-state index contributed by atoms with van der Waals surface area (Å²) < 4.78 is 4.82. The lowest BCUT2D eigenvalue weighted by atomic mass is 9.80. The van der Waals surface area contributed by atoms with Crippen molar-refractivity contribution in [1.29, 1.82) is 0 Å². The van der Waals surface area contributed by atoms with E-state index in [4.69, 9.17) is 4.74 Å². The predicted molar refractivity (Wildman–Crippen MR) is 67.3 cm³/mol. The van der Waals surface area contributed by atoms with Gasteiger partial charge in [0.25, 0.3) is 0 Å². The van der Waals surface area contributed by atoms with Crippen LogP contribution in [0.1, 0.15) is 44.9 Å². The highest BCUT2D eigenvalue weighted by molar-refractivity contribution is 5.79. The molecule has 2 N–H and O–H groups in total. The molecule has 0 radical (unpaired) electrons. The van der Waals surface area contributed by atoms with Gasteiger partial charge in [0.05, 0.1) is 12.0 Å². The van der Waals surface area contributed by atoms with Crippen molar-refractivity contribution in [1.82, 2.24) is 5.32 Å². The minimum Gasteiger partial charge on any atom is -0.481 e. The molecule has 0 aromatic heterocycles. The van der Waals surface area contributed by atoms with Gasteiger partial charge in [0.1, 0.15) is 0 Å². The van der Waals surface area contributed by atoms with E-state index >= 15 is 0 Å². The number of carbonyl (C=O) groups excluding carboxylic acids is 1. The van der Waals surface area contributed by atoms with Gasteiger partial charge in [-0.2, -0.15) is 0 Å². The van der Waals surface area contributed by atoms with Crippen molar-refractivity contribution in [3.05, 3.63) is 0 Å². The molecule has 1 aliphatic carbocycles. The molecule has 0 aromatic carbocycles. The van der Waals surface area contributed by atoms with Gasteiger partial charge in [0.15, 0.2) is 0 Å². The summed E-state index contributed by atoms with van der Waals surface area (Å²) in [4.78, 5) is 23.0. The molecule has 1 rings (SSSR count). The van der Waals surface area contributed by atoms with Crippen molar-refractivity contribution >= 4 is 11.9 Å².